The maximum atomic E-state index is 4.14. The van der Waals surface area contributed by atoms with E-state index in [0.29, 0.717) is 0 Å². The van der Waals surface area contributed by atoms with Crippen molar-refractivity contribution in [2.75, 3.05) is 0 Å². The Labute approximate surface area is 40.8 Å². The molecule has 0 radical (unpaired) electrons. The van der Waals surface area contributed by atoms with Crippen LogP contribution in [0.3, 0.4) is 0 Å². The summed E-state index contributed by atoms with van der Waals surface area (Å²) in [6, 6.07) is 0. The molecule has 0 aromatic heterocycles. The summed E-state index contributed by atoms with van der Waals surface area (Å²) < 4.78 is 6.74. The van der Waals surface area contributed by atoms with E-state index in [2.05, 4.69) is 33.8 Å². The van der Waals surface area contributed by atoms with Gasteiger partial charge in [0.05, 0.1) is 0 Å². The topological polar surface area (TPSA) is 21.6 Å². The van der Waals surface area contributed by atoms with E-state index in [1.54, 1.807) is 0 Å². The van der Waals surface area contributed by atoms with Gasteiger partial charge in [-0.25, -0.2) is 0 Å². The van der Waals surface area contributed by atoms with Gasteiger partial charge in [0.25, 0.3) is 0 Å². The van der Waals surface area contributed by atoms with Crippen molar-refractivity contribution in [1.82, 2.24) is 0 Å². The third kappa shape index (κ3) is 4.10. The van der Waals surface area contributed by atoms with Gasteiger partial charge in [0, 0.05) is 0 Å². The monoisotopic (exact) mass is 105 g/mol. The third-order valence-corrected chi connectivity index (χ3v) is 0.258. The van der Waals surface area contributed by atoms with Crippen molar-refractivity contribution in [3.63, 3.8) is 0 Å². The van der Waals surface area contributed by atoms with Crippen LogP contribution in [-0.2, 0) is 17.2 Å². The van der Waals surface area contributed by atoms with E-state index in [4.69, 9.17) is 0 Å². The zero-order valence-electron chi connectivity index (χ0n) is 2.25. The first-order valence-electron chi connectivity index (χ1n) is 0.837. The van der Waals surface area contributed by atoms with Gasteiger partial charge >= 0.3 is 40.1 Å². The minimum absolute atomic E-state index is 0.993. The van der Waals surface area contributed by atoms with Crippen LogP contribution in [0.2, 0.25) is 0 Å². The first kappa shape index (κ1) is 5.10. The molecule has 26 valence electrons. The molecule has 0 saturated heterocycles. The van der Waals surface area contributed by atoms with Gasteiger partial charge in [-0.1, -0.05) is 0 Å². The Morgan fingerprint density at radius 1 is 1.80 bits per heavy atom. The SMILES string of the molecule is S=BON=S. The first-order valence-corrected chi connectivity index (χ1v) is 1.67. The van der Waals surface area contributed by atoms with E-state index < -0.39 is 0 Å². The molecule has 0 atom stereocenters. The average molecular weight is 105 g/mol. The Bertz CT molecular complexity index is 38.9. The van der Waals surface area contributed by atoms with Crippen molar-refractivity contribution in [3.05, 3.63) is 0 Å². The van der Waals surface area contributed by atoms with E-state index in [9.17, 15) is 0 Å². The predicted molar refractivity (Wildman–Crippen MR) is 24.2 cm³/mol. The van der Waals surface area contributed by atoms with Crippen molar-refractivity contribution < 1.29 is 4.76 Å². The number of rotatable bonds is 2. The zero-order chi connectivity index (χ0) is 4.12. The predicted octanol–water partition coefficient (Wildman–Crippen LogP) is 0.380. The summed E-state index contributed by atoms with van der Waals surface area (Å²) in [5.74, 6) is 0. The first-order chi connectivity index (χ1) is 2.41. The Morgan fingerprint density at radius 3 is 2.40 bits per heavy atom. The fourth-order valence-electron chi connectivity index (χ4n) is 0.0176. The number of hydrogen-bond acceptors (Lipinski definition) is 4. The fourth-order valence-corrected chi connectivity index (χ4v) is 0.158. The summed E-state index contributed by atoms with van der Waals surface area (Å²) in [4.78, 5) is 0. The summed E-state index contributed by atoms with van der Waals surface area (Å²) in [5, 5.41) is 0. The molecule has 0 aromatic carbocycles. The summed E-state index contributed by atoms with van der Waals surface area (Å²) in [6.45, 7) is 0. The molecule has 0 aliphatic rings. The van der Waals surface area contributed by atoms with Crippen molar-refractivity contribution in [1.29, 1.82) is 0 Å². The van der Waals surface area contributed by atoms with Gasteiger partial charge in [-0.05, 0) is 0 Å². The average Bonchev–Trinajstić information content (AvgIpc) is 1.41. The molecular weight excluding hydrogens is 105 g/mol. The van der Waals surface area contributed by atoms with Crippen LogP contribution in [0.5, 0.6) is 0 Å². The molecule has 2 nitrogen and oxygen atoms in total. The van der Waals surface area contributed by atoms with Crippen molar-refractivity contribution >= 4 is 30.8 Å². The molecule has 0 spiro atoms. The Kier molecular flexibility index (Phi) is 4.19. The van der Waals surface area contributed by atoms with Crippen LogP contribution in [0.4, 0.5) is 0 Å². The molecule has 0 unspecified atom stereocenters. The molecule has 0 aromatic rings. The molecule has 0 heterocycles. The van der Waals surface area contributed by atoms with Crippen LogP contribution in [0.1, 0.15) is 0 Å². The second-order valence-electron chi connectivity index (χ2n) is 0.276. The normalized spacial score (nSPS) is 4.80. The summed E-state index contributed by atoms with van der Waals surface area (Å²) in [7, 11) is 0. The van der Waals surface area contributed by atoms with Crippen LogP contribution in [0.25, 0.3) is 0 Å². The standard InChI is InChI=1S/BNOS2/c4-1-3-2-5. The van der Waals surface area contributed by atoms with Crippen LogP contribution < -0.4 is 0 Å². The van der Waals surface area contributed by atoms with Crippen LogP contribution >= 0.6 is 12.1 Å². The Hall–Kier alpha value is 0.105. The van der Waals surface area contributed by atoms with Crippen LogP contribution in [-0.4, -0.2) is 6.36 Å². The van der Waals surface area contributed by atoms with Crippen molar-refractivity contribution in [3.8, 4) is 0 Å². The van der Waals surface area contributed by atoms with Crippen molar-refractivity contribution in [2.45, 2.75) is 0 Å². The Balaban J connectivity index is 2.65. The maximum absolute atomic E-state index is 4.14. The molecule has 0 bridgehead atoms. The van der Waals surface area contributed by atoms with Gasteiger partial charge in [0.2, 0.25) is 0 Å². The molecule has 0 fully saturated rings. The number of hydrogen-bond donors (Lipinski definition) is 0. The summed E-state index contributed by atoms with van der Waals surface area (Å²) >= 11 is 8.10. The molecule has 0 saturated carbocycles. The fraction of sp³-hybridized carbons (Fsp3) is 0. The molecule has 0 aliphatic carbocycles. The molecular formula is BNOS2. The van der Waals surface area contributed by atoms with Gasteiger partial charge in [0.15, 0.2) is 0 Å². The van der Waals surface area contributed by atoms with E-state index in [1.807, 2.05) is 0 Å². The zero-order valence-corrected chi connectivity index (χ0v) is 3.88. The molecule has 5 heteroatoms. The minimum atomic E-state index is 0.993. The van der Waals surface area contributed by atoms with Crippen LogP contribution in [0.15, 0.2) is 4.53 Å². The summed E-state index contributed by atoms with van der Waals surface area (Å²) in [5.41, 5.74) is 0. The van der Waals surface area contributed by atoms with Gasteiger partial charge < -0.3 is 0 Å². The van der Waals surface area contributed by atoms with Gasteiger partial charge in [-0.3, -0.25) is 0 Å². The van der Waals surface area contributed by atoms with E-state index in [-0.39, 0.29) is 0 Å². The quantitative estimate of drug-likeness (QED) is 0.374. The molecule has 0 amide bonds. The third-order valence-electron chi connectivity index (χ3n) is 0.0861. The molecule has 0 rings (SSSR count). The molecule has 0 N–H and O–H groups in total. The Morgan fingerprint density at radius 2 is 2.40 bits per heavy atom. The van der Waals surface area contributed by atoms with E-state index in [0.717, 1.165) is 6.36 Å². The molecule has 0 aliphatic heterocycles. The number of nitrogens with zero attached hydrogens (tertiary/aromatic N) is 1. The van der Waals surface area contributed by atoms with Gasteiger partial charge in [-0.15, -0.1) is 0 Å². The summed E-state index contributed by atoms with van der Waals surface area (Å²) in [6.07, 6.45) is 0.993. The second kappa shape index (κ2) is 4.10. The second-order valence-corrected chi connectivity index (χ2v) is 0.618. The van der Waals surface area contributed by atoms with Crippen LogP contribution in [0, 0.1) is 0 Å². The van der Waals surface area contributed by atoms with Gasteiger partial charge in [0.1, 0.15) is 0 Å². The van der Waals surface area contributed by atoms with E-state index in [1.165, 1.54) is 0 Å². The van der Waals surface area contributed by atoms with Gasteiger partial charge in [-0.2, -0.15) is 0 Å². The molecule has 5 heavy (non-hydrogen) atoms. The van der Waals surface area contributed by atoms with E-state index >= 15 is 0 Å². The van der Waals surface area contributed by atoms with Crippen molar-refractivity contribution in [2.24, 2.45) is 4.53 Å².